The predicted molar refractivity (Wildman–Crippen MR) is 60.7 cm³/mol. The van der Waals surface area contributed by atoms with Gasteiger partial charge in [-0.1, -0.05) is 6.07 Å². The first-order chi connectivity index (χ1) is 7.63. The van der Waals surface area contributed by atoms with E-state index in [2.05, 4.69) is 0 Å². The van der Waals surface area contributed by atoms with Crippen LogP contribution in [0.4, 0.5) is 0 Å². The van der Waals surface area contributed by atoms with Crippen molar-refractivity contribution in [3.63, 3.8) is 0 Å². The molecule has 0 aliphatic heterocycles. The van der Waals surface area contributed by atoms with Crippen molar-refractivity contribution >= 4 is 9.84 Å². The third kappa shape index (κ3) is 2.10. The molecule has 0 heterocycles. The lowest BCUT2D eigenvalue weighted by atomic mass is 10.1. The van der Waals surface area contributed by atoms with E-state index >= 15 is 0 Å². The van der Waals surface area contributed by atoms with Gasteiger partial charge in [-0.25, -0.2) is 8.42 Å². The summed E-state index contributed by atoms with van der Waals surface area (Å²) in [7, 11) is -3.27. The molecule has 16 heavy (non-hydrogen) atoms. The molecule has 4 heteroatoms. The number of aryl methyl sites for hydroxylation is 2. The Hall–Kier alpha value is -1.34. The standard InChI is InChI=1S/C12H13NO2S/c13-7-2-8-16(14,15)12-6-5-10-3-1-4-11(10)9-12/h5-6,9H,1-4,8H2. The summed E-state index contributed by atoms with van der Waals surface area (Å²) in [5.74, 6) is -0.0811. The van der Waals surface area contributed by atoms with Gasteiger partial charge in [0.25, 0.3) is 0 Å². The number of hydrogen-bond acceptors (Lipinski definition) is 3. The van der Waals surface area contributed by atoms with Crippen molar-refractivity contribution in [3.05, 3.63) is 29.3 Å². The molecular weight excluding hydrogens is 222 g/mol. The second-order valence-electron chi connectivity index (χ2n) is 4.01. The van der Waals surface area contributed by atoms with Crippen LogP contribution in [0.5, 0.6) is 0 Å². The van der Waals surface area contributed by atoms with Crippen LogP contribution in [0.3, 0.4) is 0 Å². The number of benzene rings is 1. The van der Waals surface area contributed by atoms with Gasteiger partial charge in [-0.3, -0.25) is 0 Å². The molecule has 1 aromatic rings. The van der Waals surface area contributed by atoms with Gasteiger partial charge in [-0.15, -0.1) is 0 Å². The zero-order valence-electron chi connectivity index (χ0n) is 8.94. The van der Waals surface area contributed by atoms with Crippen LogP contribution in [0, 0.1) is 11.3 Å². The zero-order chi connectivity index (χ0) is 11.6. The summed E-state index contributed by atoms with van der Waals surface area (Å²) in [6.07, 6.45) is 3.18. The van der Waals surface area contributed by atoms with Crippen LogP contribution >= 0.6 is 0 Å². The first-order valence-corrected chi connectivity index (χ1v) is 7.00. The largest absolute Gasteiger partial charge is 0.224 e. The Morgan fingerprint density at radius 2 is 2.00 bits per heavy atom. The van der Waals surface area contributed by atoms with E-state index in [-0.39, 0.29) is 12.2 Å². The second kappa shape index (κ2) is 4.26. The SMILES string of the molecule is N#CCCS(=O)(=O)c1ccc2c(c1)CCC2. The van der Waals surface area contributed by atoms with Crippen LogP contribution in [0.2, 0.25) is 0 Å². The summed E-state index contributed by atoms with van der Waals surface area (Å²) in [5.41, 5.74) is 2.41. The molecule has 0 radical (unpaired) electrons. The van der Waals surface area contributed by atoms with E-state index in [0.717, 1.165) is 24.8 Å². The lowest BCUT2D eigenvalue weighted by Gasteiger charge is -2.05. The lowest BCUT2D eigenvalue weighted by Crippen LogP contribution is -2.06. The van der Waals surface area contributed by atoms with Crippen LogP contribution < -0.4 is 0 Å². The van der Waals surface area contributed by atoms with Crippen molar-refractivity contribution in [1.82, 2.24) is 0 Å². The minimum Gasteiger partial charge on any atom is -0.224 e. The third-order valence-electron chi connectivity index (χ3n) is 2.91. The van der Waals surface area contributed by atoms with Gasteiger partial charge in [0.2, 0.25) is 0 Å². The Labute approximate surface area is 95.6 Å². The van der Waals surface area contributed by atoms with Crippen molar-refractivity contribution in [2.45, 2.75) is 30.6 Å². The molecule has 0 spiro atoms. The molecule has 0 fully saturated rings. The molecule has 0 unspecified atom stereocenters. The van der Waals surface area contributed by atoms with Gasteiger partial charge in [0, 0.05) is 6.42 Å². The molecule has 0 bridgehead atoms. The highest BCUT2D eigenvalue weighted by Crippen LogP contribution is 2.25. The summed E-state index contributed by atoms with van der Waals surface area (Å²) in [4.78, 5) is 0.364. The Balaban J connectivity index is 2.32. The van der Waals surface area contributed by atoms with E-state index in [9.17, 15) is 8.42 Å². The monoisotopic (exact) mass is 235 g/mol. The molecule has 0 atom stereocenters. The van der Waals surface area contributed by atoms with Gasteiger partial charge in [-0.05, 0) is 42.5 Å². The molecule has 0 amide bonds. The van der Waals surface area contributed by atoms with Crippen molar-refractivity contribution in [1.29, 1.82) is 5.26 Å². The first kappa shape index (κ1) is 11.2. The van der Waals surface area contributed by atoms with Crippen LogP contribution in [0.1, 0.15) is 24.0 Å². The molecule has 0 saturated heterocycles. The van der Waals surface area contributed by atoms with Gasteiger partial charge >= 0.3 is 0 Å². The Kier molecular flexibility index (Phi) is 2.97. The second-order valence-corrected chi connectivity index (χ2v) is 6.12. The molecule has 1 aromatic carbocycles. The van der Waals surface area contributed by atoms with E-state index in [1.807, 2.05) is 12.1 Å². The highest BCUT2D eigenvalue weighted by molar-refractivity contribution is 7.91. The molecule has 3 nitrogen and oxygen atoms in total. The lowest BCUT2D eigenvalue weighted by molar-refractivity contribution is 0.596. The summed E-state index contributed by atoms with van der Waals surface area (Å²) >= 11 is 0. The minimum absolute atomic E-state index is 0.0550. The number of nitriles is 1. The molecule has 2 rings (SSSR count). The number of hydrogen-bond donors (Lipinski definition) is 0. The van der Waals surface area contributed by atoms with Gasteiger partial charge in [0.1, 0.15) is 0 Å². The average molecular weight is 235 g/mol. The van der Waals surface area contributed by atoms with E-state index in [1.54, 1.807) is 12.1 Å². The average Bonchev–Trinajstić information content (AvgIpc) is 2.73. The number of nitrogens with zero attached hydrogens (tertiary/aromatic N) is 1. The maximum absolute atomic E-state index is 11.8. The van der Waals surface area contributed by atoms with Crippen LogP contribution in [-0.2, 0) is 22.7 Å². The first-order valence-electron chi connectivity index (χ1n) is 5.35. The molecule has 1 aliphatic rings. The van der Waals surface area contributed by atoms with E-state index in [0.29, 0.717) is 4.90 Å². The van der Waals surface area contributed by atoms with E-state index < -0.39 is 9.84 Å². The fourth-order valence-corrected chi connectivity index (χ4v) is 3.23. The Morgan fingerprint density at radius 1 is 1.25 bits per heavy atom. The number of sulfone groups is 1. The zero-order valence-corrected chi connectivity index (χ0v) is 9.76. The molecule has 0 saturated carbocycles. The summed E-state index contributed by atoms with van der Waals surface area (Å²) in [6, 6.07) is 7.21. The van der Waals surface area contributed by atoms with Crippen LogP contribution in [0.25, 0.3) is 0 Å². The quantitative estimate of drug-likeness (QED) is 0.803. The maximum Gasteiger partial charge on any atom is 0.179 e. The number of rotatable bonds is 3. The summed E-state index contributed by atoms with van der Waals surface area (Å²) in [6.45, 7) is 0. The fourth-order valence-electron chi connectivity index (χ4n) is 2.04. The molecular formula is C12H13NO2S. The van der Waals surface area contributed by atoms with Gasteiger partial charge in [0.05, 0.1) is 16.7 Å². The van der Waals surface area contributed by atoms with E-state index in [1.165, 1.54) is 5.56 Å². The smallest absolute Gasteiger partial charge is 0.179 e. The van der Waals surface area contributed by atoms with Crippen molar-refractivity contribution < 1.29 is 8.42 Å². The summed E-state index contributed by atoms with van der Waals surface area (Å²) in [5, 5.41) is 8.42. The minimum atomic E-state index is -3.27. The fraction of sp³-hybridized carbons (Fsp3) is 0.417. The molecule has 84 valence electrons. The molecule has 0 N–H and O–H groups in total. The van der Waals surface area contributed by atoms with Gasteiger partial charge in [-0.2, -0.15) is 5.26 Å². The normalized spacial score (nSPS) is 14.4. The Morgan fingerprint density at radius 3 is 2.75 bits per heavy atom. The topological polar surface area (TPSA) is 57.9 Å². The van der Waals surface area contributed by atoms with Crippen LogP contribution in [0.15, 0.2) is 23.1 Å². The summed E-state index contributed by atoms with van der Waals surface area (Å²) < 4.78 is 23.7. The highest BCUT2D eigenvalue weighted by Gasteiger charge is 2.18. The van der Waals surface area contributed by atoms with Gasteiger partial charge < -0.3 is 0 Å². The van der Waals surface area contributed by atoms with Crippen molar-refractivity contribution in [2.24, 2.45) is 0 Å². The number of fused-ring (bicyclic) bond motifs is 1. The Bertz CT molecular complexity index is 541. The molecule has 0 aromatic heterocycles. The van der Waals surface area contributed by atoms with Crippen molar-refractivity contribution in [2.75, 3.05) is 5.75 Å². The van der Waals surface area contributed by atoms with E-state index in [4.69, 9.17) is 5.26 Å². The van der Waals surface area contributed by atoms with Crippen LogP contribution in [-0.4, -0.2) is 14.2 Å². The van der Waals surface area contributed by atoms with Gasteiger partial charge in [0.15, 0.2) is 9.84 Å². The molecule has 1 aliphatic carbocycles. The highest BCUT2D eigenvalue weighted by atomic mass is 32.2. The van der Waals surface area contributed by atoms with Crippen molar-refractivity contribution in [3.8, 4) is 6.07 Å². The third-order valence-corrected chi connectivity index (χ3v) is 4.63. The maximum atomic E-state index is 11.8. The predicted octanol–water partition coefficient (Wildman–Crippen LogP) is 1.86.